The van der Waals surface area contributed by atoms with Gasteiger partial charge in [0.15, 0.2) is 0 Å². The van der Waals surface area contributed by atoms with Crippen molar-refractivity contribution in [2.45, 2.75) is 6.04 Å². The fraction of sp³-hybridized carbons (Fsp3) is 0.444. The summed E-state index contributed by atoms with van der Waals surface area (Å²) in [6.07, 6.45) is 4.95. The summed E-state index contributed by atoms with van der Waals surface area (Å²) in [5.74, 6) is -0.444. The molecule has 0 bridgehead atoms. The Labute approximate surface area is 81.7 Å². The van der Waals surface area contributed by atoms with Crippen molar-refractivity contribution in [3.63, 3.8) is 0 Å². The van der Waals surface area contributed by atoms with Gasteiger partial charge in [-0.05, 0) is 0 Å². The largest absolute Gasteiger partial charge is 0.326 e. The van der Waals surface area contributed by atoms with Crippen LogP contribution in [0.4, 0.5) is 4.79 Å². The fourth-order valence-corrected chi connectivity index (χ4v) is 1.74. The first-order valence-corrected chi connectivity index (χ1v) is 4.37. The van der Waals surface area contributed by atoms with E-state index in [1.807, 2.05) is 0 Å². The standard InChI is InChI=1S/C9H11N3O2/c1-11-7-5-10-4-3-6(7)8(13)12(2)9(11)14/h3-7H,1-2H3. The number of nitrogens with zero attached hydrogens (tertiary/aromatic N) is 3. The van der Waals surface area contributed by atoms with Gasteiger partial charge in [-0.15, -0.1) is 0 Å². The van der Waals surface area contributed by atoms with E-state index < -0.39 is 0 Å². The van der Waals surface area contributed by atoms with Crippen LogP contribution in [-0.2, 0) is 4.79 Å². The molecule has 5 nitrogen and oxygen atoms in total. The molecule has 2 aliphatic rings. The van der Waals surface area contributed by atoms with E-state index in [1.54, 1.807) is 25.5 Å². The molecule has 74 valence electrons. The number of urea groups is 1. The molecule has 2 heterocycles. The third-order valence-electron chi connectivity index (χ3n) is 2.64. The van der Waals surface area contributed by atoms with Gasteiger partial charge in [-0.25, -0.2) is 4.79 Å². The third kappa shape index (κ3) is 1.05. The van der Waals surface area contributed by atoms with Crippen LogP contribution in [0.5, 0.6) is 0 Å². The van der Waals surface area contributed by atoms with Gasteiger partial charge in [0.25, 0.3) is 0 Å². The fourth-order valence-electron chi connectivity index (χ4n) is 1.74. The van der Waals surface area contributed by atoms with Crippen LogP contribution in [0.25, 0.3) is 0 Å². The Morgan fingerprint density at radius 2 is 2.07 bits per heavy atom. The molecule has 0 spiro atoms. The number of amides is 3. The first-order valence-electron chi connectivity index (χ1n) is 4.37. The zero-order valence-corrected chi connectivity index (χ0v) is 8.04. The maximum Gasteiger partial charge on any atom is 0.326 e. The molecular formula is C9H11N3O2. The van der Waals surface area contributed by atoms with E-state index in [1.165, 1.54) is 11.9 Å². The van der Waals surface area contributed by atoms with E-state index in [-0.39, 0.29) is 23.9 Å². The van der Waals surface area contributed by atoms with Gasteiger partial charge < -0.3 is 4.90 Å². The summed E-state index contributed by atoms with van der Waals surface area (Å²) in [4.78, 5) is 29.8. The molecule has 14 heavy (non-hydrogen) atoms. The zero-order chi connectivity index (χ0) is 10.3. The maximum atomic E-state index is 11.7. The summed E-state index contributed by atoms with van der Waals surface area (Å²) < 4.78 is 0. The zero-order valence-electron chi connectivity index (χ0n) is 8.04. The third-order valence-corrected chi connectivity index (χ3v) is 2.64. The number of rotatable bonds is 0. The Morgan fingerprint density at radius 3 is 2.79 bits per heavy atom. The molecule has 5 heteroatoms. The van der Waals surface area contributed by atoms with E-state index in [4.69, 9.17) is 0 Å². The van der Waals surface area contributed by atoms with Crippen LogP contribution in [0.2, 0.25) is 0 Å². The lowest BCUT2D eigenvalue weighted by Crippen LogP contribution is -2.59. The highest BCUT2D eigenvalue weighted by Gasteiger charge is 2.41. The van der Waals surface area contributed by atoms with Crippen LogP contribution in [0, 0.1) is 5.92 Å². The van der Waals surface area contributed by atoms with Crippen molar-refractivity contribution in [3.05, 3.63) is 12.3 Å². The second kappa shape index (κ2) is 2.94. The lowest BCUT2D eigenvalue weighted by molar-refractivity contribution is -0.133. The van der Waals surface area contributed by atoms with Gasteiger partial charge >= 0.3 is 6.03 Å². The predicted octanol–water partition coefficient (Wildman–Crippen LogP) is 0.0931. The molecule has 1 fully saturated rings. The minimum absolute atomic E-state index is 0.166. The Morgan fingerprint density at radius 1 is 1.36 bits per heavy atom. The van der Waals surface area contributed by atoms with E-state index in [9.17, 15) is 9.59 Å². The lowest BCUT2D eigenvalue weighted by Gasteiger charge is -2.39. The Bertz CT molecular complexity index is 348. The number of aliphatic imine (C=N–C) groups is 1. The van der Waals surface area contributed by atoms with Gasteiger partial charge in [0.1, 0.15) is 0 Å². The molecule has 3 amide bonds. The Balaban J connectivity index is 2.36. The minimum Gasteiger partial charge on any atom is -0.318 e. The minimum atomic E-state index is -0.280. The van der Waals surface area contributed by atoms with Crippen molar-refractivity contribution in [1.82, 2.24) is 9.80 Å². The van der Waals surface area contributed by atoms with Crippen LogP contribution in [0.1, 0.15) is 0 Å². The van der Waals surface area contributed by atoms with Crippen LogP contribution in [-0.4, -0.2) is 48.1 Å². The molecule has 0 aromatic rings. The van der Waals surface area contributed by atoms with Gasteiger partial charge in [0.2, 0.25) is 5.91 Å². The number of hydrogen-bond acceptors (Lipinski definition) is 3. The van der Waals surface area contributed by atoms with Gasteiger partial charge in [0, 0.05) is 26.5 Å². The first kappa shape index (κ1) is 8.93. The predicted molar refractivity (Wildman–Crippen MR) is 50.8 cm³/mol. The van der Waals surface area contributed by atoms with Crippen molar-refractivity contribution in [2.24, 2.45) is 10.9 Å². The lowest BCUT2D eigenvalue weighted by atomic mass is 9.94. The van der Waals surface area contributed by atoms with Crippen molar-refractivity contribution in [2.75, 3.05) is 14.1 Å². The van der Waals surface area contributed by atoms with Crippen LogP contribution in [0.3, 0.4) is 0 Å². The van der Waals surface area contributed by atoms with E-state index in [2.05, 4.69) is 4.99 Å². The van der Waals surface area contributed by atoms with Crippen LogP contribution >= 0.6 is 0 Å². The first-order chi connectivity index (χ1) is 6.63. The summed E-state index contributed by atoms with van der Waals surface area (Å²) in [5, 5.41) is 0. The molecule has 0 aliphatic carbocycles. The normalized spacial score (nSPS) is 31.0. The topological polar surface area (TPSA) is 53.0 Å². The van der Waals surface area contributed by atoms with E-state index in [0.29, 0.717) is 0 Å². The van der Waals surface area contributed by atoms with Crippen molar-refractivity contribution >= 4 is 18.2 Å². The average Bonchev–Trinajstić information content (AvgIpc) is 2.23. The molecular weight excluding hydrogens is 182 g/mol. The number of imide groups is 1. The average molecular weight is 193 g/mol. The van der Waals surface area contributed by atoms with Gasteiger partial charge in [-0.1, -0.05) is 6.08 Å². The number of carbonyl (C=O) groups excluding carboxylic acids is 2. The summed E-state index contributed by atoms with van der Waals surface area (Å²) >= 11 is 0. The smallest absolute Gasteiger partial charge is 0.318 e. The highest BCUT2D eigenvalue weighted by molar-refractivity contribution is 6.02. The number of carbonyl (C=O) groups is 2. The van der Waals surface area contributed by atoms with Crippen LogP contribution in [0.15, 0.2) is 17.3 Å². The van der Waals surface area contributed by atoms with Crippen molar-refractivity contribution in [1.29, 1.82) is 0 Å². The highest BCUT2D eigenvalue weighted by Crippen LogP contribution is 2.22. The maximum absolute atomic E-state index is 11.7. The summed E-state index contributed by atoms with van der Waals surface area (Å²) in [6.45, 7) is 0. The molecule has 0 N–H and O–H groups in total. The van der Waals surface area contributed by atoms with Crippen molar-refractivity contribution in [3.8, 4) is 0 Å². The van der Waals surface area contributed by atoms with Gasteiger partial charge in [-0.2, -0.15) is 0 Å². The molecule has 1 saturated heterocycles. The molecule has 2 unspecified atom stereocenters. The number of fused-ring (bicyclic) bond motifs is 1. The van der Waals surface area contributed by atoms with Crippen LogP contribution < -0.4 is 0 Å². The molecule has 0 aromatic carbocycles. The molecule has 2 aliphatic heterocycles. The van der Waals surface area contributed by atoms with Gasteiger partial charge in [-0.3, -0.25) is 14.7 Å². The quantitative estimate of drug-likeness (QED) is 0.547. The molecule has 2 atom stereocenters. The summed E-state index contributed by atoms with van der Waals surface area (Å²) in [7, 11) is 3.17. The second-order valence-electron chi connectivity index (χ2n) is 3.45. The SMILES string of the molecule is CN1C(=O)C2C=CN=CC2N(C)C1=O. The Hall–Kier alpha value is -1.65. The monoisotopic (exact) mass is 193 g/mol. The van der Waals surface area contributed by atoms with Gasteiger partial charge in [0.05, 0.1) is 12.0 Å². The molecule has 0 aromatic heterocycles. The Kier molecular flexibility index (Phi) is 1.87. The molecule has 2 rings (SSSR count). The highest BCUT2D eigenvalue weighted by atomic mass is 16.2. The number of hydrogen-bond donors (Lipinski definition) is 0. The molecule has 0 saturated carbocycles. The molecule has 0 radical (unpaired) electrons. The van der Waals surface area contributed by atoms with E-state index >= 15 is 0 Å². The summed E-state index contributed by atoms with van der Waals surface area (Å²) in [6, 6.07) is -0.505. The second-order valence-corrected chi connectivity index (χ2v) is 3.45. The van der Waals surface area contributed by atoms with Crippen molar-refractivity contribution < 1.29 is 9.59 Å². The van der Waals surface area contributed by atoms with E-state index in [0.717, 1.165) is 4.90 Å². The summed E-state index contributed by atoms with van der Waals surface area (Å²) in [5.41, 5.74) is 0.